The van der Waals surface area contributed by atoms with Crippen molar-refractivity contribution in [3.05, 3.63) is 87.9 Å². The normalized spacial score (nSPS) is 16.6. The Morgan fingerprint density at radius 2 is 1.29 bits per heavy atom. The zero-order chi connectivity index (χ0) is 53.5. The average molecular weight is 1150 g/mol. The van der Waals surface area contributed by atoms with Crippen molar-refractivity contribution in [1.29, 1.82) is 0 Å². The highest BCUT2D eigenvalue weighted by Gasteiger charge is 2.25. The van der Waals surface area contributed by atoms with Crippen LogP contribution in [0, 0.1) is 0 Å². The second-order valence-electron chi connectivity index (χ2n) is 21.1. The predicted octanol–water partition coefficient (Wildman–Crippen LogP) is 8.02. The van der Waals surface area contributed by atoms with Gasteiger partial charge in [-0.15, -0.1) is 10.2 Å². The number of H-pyrrole nitrogens is 1. The second-order valence-corrected chi connectivity index (χ2v) is 31.3. The molecule has 4 aromatic heterocycles. The lowest BCUT2D eigenvalue weighted by molar-refractivity contribution is 0.0713. The number of benzene rings is 2. The molecule has 4 N–H and O–H groups in total. The number of nitrogen functional groups attached to an aromatic ring is 1. The van der Waals surface area contributed by atoms with Gasteiger partial charge >= 0.3 is 0 Å². The van der Waals surface area contributed by atoms with E-state index in [0.29, 0.717) is 18.4 Å². The van der Waals surface area contributed by atoms with Crippen molar-refractivity contribution in [3.8, 4) is 34.0 Å². The van der Waals surface area contributed by atoms with Crippen molar-refractivity contribution in [2.75, 3.05) is 70.4 Å². The zero-order valence-corrected chi connectivity index (χ0v) is 48.3. The number of anilines is 3. The molecule has 404 valence electrons. The standard InChI is InChI=1S/C23H28N6O3S.C20H25N3O.C9H18BrN3O3SSi/c1-29-12-9-17(10-13-29)32-20-14-16(8-11-24-20)19-7-6-15-4-3-5-18(15)21(19)25-22-26-23(28-27-22)33(2,30)31;1-23-11-8-16(9-12-23)24-19-13-15(7-10-22-19)18-6-5-14-3-2-4-17(14)20(18)21;1-17(14,15)9-11-8(10)12-13(9)7-16-5-6-18(2,3)4/h6-8,11,14,17H,3-5,9-10,12-13H2,1-2H3,(H2,25,26,27,28);5-7,10,13,16H,2-4,8-9,11-12,21H2,1H3;5-7H2,1-4H3. The van der Waals surface area contributed by atoms with Gasteiger partial charge in [0.05, 0.1) is 5.69 Å². The number of sulfone groups is 2. The van der Waals surface area contributed by atoms with Crippen LogP contribution in [0.2, 0.25) is 25.7 Å². The summed E-state index contributed by atoms with van der Waals surface area (Å²) in [4.78, 5) is 21.4. The van der Waals surface area contributed by atoms with Gasteiger partial charge in [-0.1, -0.05) is 43.9 Å². The first-order valence-corrected chi connectivity index (χ1v) is 33.9. The number of nitrogens with one attached hydrogen (secondary N) is 2. The molecule has 0 radical (unpaired) electrons. The van der Waals surface area contributed by atoms with E-state index in [4.69, 9.17) is 19.9 Å². The zero-order valence-electron chi connectivity index (χ0n) is 44.1. The molecule has 2 fully saturated rings. The maximum atomic E-state index is 11.8. The van der Waals surface area contributed by atoms with Crippen LogP contribution in [0.15, 0.2) is 76.0 Å². The van der Waals surface area contributed by atoms with E-state index in [0.717, 1.165) is 136 Å². The monoisotopic (exact) mass is 1150 g/mol. The molecule has 0 bridgehead atoms. The van der Waals surface area contributed by atoms with Crippen LogP contribution in [0.3, 0.4) is 0 Å². The van der Waals surface area contributed by atoms with Crippen LogP contribution in [-0.2, 0) is 56.8 Å². The van der Waals surface area contributed by atoms with Crippen LogP contribution in [0.5, 0.6) is 11.8 Å². The number of piperidine rings is 2. The summed E-state index contributed by atoms with van der Waals surface area (Å²) in [6.07, 6.45) is 16.8. The molecule has 23 heteroatoms. The number of nitrogens with two attached hydrogens (primary N) is 1. The summed E-state index contributed by atoms with van der Waals surface area (Å²) in [5, 5.41) is 13.6. The number of hydrogen-bond donors (Lipinski definition) is 3. The Labute approximate surface area is 450 Å². The predicted molar refractivity (Wildman–Crippen MR) is 298 cm³/mol. The summed E-state index contributed by atoms with van der Waals surface area (Å²) in [6, 6.07) is 17.6. The largest absolute Gasteiger partial charge is 0.474 e. The van der Waals surface area contributed by atoms with E-state index >= 15 is 0 Å². The minimum absolute atomic E-state index is 0.0811. The van der Waals surface area contributed by atoms with Crippen molar-refractivity contribution in [2.45, 2.75) is 119 Å². The first-order chi connectivity index (χ1) is 35.7. The lowest BCUT2D eigenvalue weighted by Crippen LogP contribution is -2.35. The molecule has 6 aromatic rings. The molecule has 0 saturated carbocycles. The lowest BCUT2D eigenvalue weighted by Gasteiger charge is -2.29. The van der Waals surface area contributed by atoms with Crippen LogP contribution >= 0.6 is 15.9 Å². The topological polar surface area (TPSA) is 239 Å². The molecular weight excluding hydrogens is 1080 g/mol. The smallest absolute Gasteiger partial charge is 0.248 e. The van der Waals surface area contributed by atoms with Gasteiger partial charge in [0.15, 0.2) is 0 Å². The van der Waals surface area contributed by atoms with Crippen LogP contribution in [0.1, 0.15) is 60.8 Å². The molecule has 6 heterocycles. The van der Waals surface area contributed by atoms with Gasteiger partial charge in [-0.05, 0) is 146 Å². The molecular formula is C52H71BrN12O7S2Si. The summed E-state index contributed by atoms with van der Waals surface area (Å²) in [7, 11) is -3.71. The highest BCUT2D eigenvalue weighted by molar-refractivity contribution is 9.10. The molecule has 0 spiro atoms. The fraction of sp³-hybridized carbons (Fsp3) is 0.500. The minimum Gasteiger partial charge on any atom is -0.474 e. The molecule has 10 rings (SSSR count). The SMILES string of the molecule is CN1CCC(Oc2cc(-c3ccc4c(c3N)CCC4)ccn2)CC1.CN1CCC(Oc2cc(-c3ccc4c(c3Nc3n[nH]c(S(C)(=O)=O)n3)CCC4)ccn2)CC1.C[Si](C)(C)CCOCn1nc(Br)nc1S(C)(=O)=O. The van der Waals surface area contributed by atoms with Gasteiger partial charge in [-0.3, -0.25) is 0 Å². The van der Waals surface area contributed by atoms with Crippen LogP contribution in [0.4, 0.5) is 17.3 Å². The Morgan fingerprint density at radius 1 is 0.747 bits per heavy atom. The Balaban J connectivity index is 0.000000157. The molecule has 75 heavy (non-hydrogen) atoms. The number of rotatable bonds is 15. The number of hydrogen-bond acceptors (Lipinski definition) is 17. The van der Waals surface area contributed by atoms with Crippen LogP contribution in [0.25, 0.3) is 22.3 Å². The molecule has 0 atom stereocenters. The van der Waals surface area contributed by atoms with E-state index < -0.39 is 27.7 Å². The van der Waals surface area contributed by atoms with Crippen molar-refractivity contribution in [1.82, 2.24) is 49.7 Å². The highest BCUT2D eigenvalue weighted by Crippen LogP contribution is 2.40. The summed E-state index contributed by atoms with van der Waals surface area (Å²) in [5.74, 6) is 1.56. The number of aromatic nitrogens is 8. The quantitative estimate of drug-likeness (QED) is 0.0501. The third kappa shape index (κ3) is 15.2. The van der Waals surface area contributed by atoms with Crippen molar-refractivity contribution in [3.63, 3.8) is 0 Å². The Morgan fingerprint density at radius 3 is 1.84 bits per heavy atom. The van der Waals surface area contributed by atoms with E-state index in [1.54, 1.807) is 6.20 Å². The average Bonchev–Trinajstić information content (AvgIpc) is 4.21. The molecule has 2 aliphatic carbocycles. The van der Waals surface area contributed by atoms with E-state index in [2.05, 4.69) is 124 Å². The number of halogens is 1. The molecule has 2 aliphatic heterocycles. The number of ether oxygens (including phenoxy) is 3. The fourth-order valence-corrected chi connectivity index (χ4v) is 12.0. The molecule has 19 nitrogen and oxygen atoms in total. The van der Waals surface area contributed by atoms with Crippen molar-refractivity contribution >= 4 is 61.0 Å². The van der Waals surface area contributed by atoms with Gasteiger partial charge in [0.25, 0.3) is 0 Å². The third-order valence-corrected chi connectivity index (χ3v) is 17.7. The maximum absolute atomic E-state index is 11.8. The Hall–Kier alpha value is -5.30. The third-order valence-electron chi connectivity index (χ3n) is 13.8. The number of fused-ring (bicyclic) bond motifs is 2. The number of likely N-dealkylation sites (tertiary alicyclic amines) is 2. The van der Waals surface area contributed by atoms with E-state index in [1.807, 2.05) is 30.5 Å². The first kappa shape index (κ1) is 55.9. The van der Waals surface area contributed by atoms with Crippen LogP contribution in [-0.4, -0.2) is 146 Å². The van der Waals surface area contributed by atoms with Crippen molar-refractivity contribution < 1.29 is 31.0 Å². The first-order valence-electron chi connectivity index (χ1n) is 25.6. The van der Waals surface area contributed by atoms with E-state index in [-0.39, 0.29) is 39.9 Å². The Bertz CT molecular complexity index is 3150. The number of pyridine rings is 2. The molecule has 0 unspecified atom stereocenters. The van der Waals surface area contributed by atoms with Gasteiger partial charge in [0, 0.05) is 94.7 Å². The van der Waals surface area contributed by atoms with E-state index in [1.165, 1.54) is 33.4 Å². The lowest BCUT2D eigenvalue weighted by atomic mass is 9.98. The summed E-state index contributed by atoms with van der Waals surface area (Å²) >= 11 is 3.06. The van der Waals surface area contributed by atoms with Gasteiger partial charge in [-0.25, -0.2) is 36.6 Å². The van der Waals surface area contributed by atoms with Crippen LogP contribution < -0.4 is 20.5 Å². The summed E-state index contributed by atoms with van der Waals surface area (Å²) in [5.41, 5.74) is 17.7. The molecule has 0 amide bonds. The van der Waals surface area contributed by atoms with Gasteiger partial charge < -0.3 is 35.1 Å². The molecule has 2 saturated heterocycles. The van der Waals surface area contributed by atoms with Gasteiger partial charge in [-0.2, -0.15) is 9.97 Å². The van der Waals surface area contributed by atoms with Crippen molar-refractivity contribution in [2.24, 2.45) is 0 Å². The second kappa shape index (κ2) is 24.4. The fourth-order valence-electron chi connectivity index (χ4n) is 9.60. The van der Waals surface area contributed by atoms with E-state index in [9.17, 15) is 16.8 Å². The highest BCUT2D eigenvalue weighted by atomic mass is 79.9. The summed E-state index contributed by atoms with van der Waals surface area (Å²) < 4.78 is 65.8. The summed E-state index contributed by atoms with van der Waals surface area (Å²) in [6.45, 7) is 11.7. The number of aromatic amines is 1. The maximum Gasteiger partial charge on any atom is 0.248 e. The Kier molecular flexibility index (Phi) is 18.2. The number of nitrogens with zero attached hydrogens (tertiary/aromatic N) is 9. The van der Waals surface area contributed by atoms with Gasteiger partial charge in [0.1, 0.15) is 18.9 Å². The minimum atomic E-state index is -3.47. The number of aryl methyl sites for hydroxylation is 2. The van der Waals surface area contributed by atoms with Gasteiger partial charge in [0.2, 0.25) is 52.4 Å². The molecule has 4 aliphatic rings. The molecule has 2 aromatic carbocycles.